The van der Waals surface area contributed by atoms with E-state index in [0.717, 1.165) is 76.2 Å². The third kappa shape index (κ3) is 4.70. The highest BCUT2D eigenvalue weighted by Gasteiger charge is 2.21. The highest BCUT2D eigenvalue weighted by molar-refractivity contribution is 5.84. The number of para-hydroxylation sites is 2. The minimum atomic E-state index is -0.277. The Hall–Kier alpha value is -4.10. The molecule has 37 heavy (non-hydrogen) atoms. The molecule has 2 N–H and O–H groups in total. The molecule has 0 saturated heterocycles. The number of pyridine rings is 1. The summed E-state index contributed by atoms with van der Waals surface area (Å²) in [5, 5.41) is 14.4. The Balaban J connectivity index is 1.61. The van der Waals surface area contributed by atoms with E-state index in [1.165, 1.54) is 12.1 Å². The molecule has 0 unspecified atom stereocenters. The van der Waals surface area contributed by atoms with Crippen LogP contribution >= 0.6 is 0 Å². The summed E-state index contributed by atoms with van der Waals surface area (Å²) < 4.78 is 15.9. The zero-order chi connectivity index (χ0) is 25.4. The second kappa shape index (κ2) is 9.75. The molecule has 0 amide bonds. The standard InChI is InChI=1S/C30H28FN5O/c1-19-24(6-4-16-32-19)34-26-17-28-30(18-27(26)33-21-10-14-23(37)15-11-21)36(22-12-8-20(31)9-13-22)29-7-3-2-5-25(29)35-28/h2-9,12-13,16-18,21,23,34,37H,10-11,14-15H2,1H3. The average Bonchev–Trinajstić information content (AvgIpc) is 2.91. The smallest absolute Gasteiger partial charge is 0.123 e. The van der Waals surface area contributed by atoms with Gasteiger partial charge in [0.2, 0.25) is 0 Å². The van der Waals surface area contributed by atoms with Crippen LogP contribution in [0.15, 0.2) is 84.0 Å². The molecule has 0 radical (unpaired) electrons. The average molecular weight is 494 g/mol. The zero-order valence-corrected chi connectivity index (χ0v) is 20.6. The van der Waals surface area contributed by atoms with Gasteiger partial charge in [0.05, 0.1) is 57.0 Å². The normalized spacial score (nSPS) is 18.4. The monoisotopic (exact) mass is 493 g/mol. The second-order valence-electron chi connectivity index (χ2n) is 9.62. The highest BCUT2D eigenvalue weighted by Crippen LogP contribution is 2.31. The molecule has 1 aromatic heterocycles. The van der Waals surface area contributed by atoms with Gasteiger partial charge in [-0.25, -0.2) is 9.37 Å². The van der Waals surface area contributed by atoms with Gasteiger partial charge in [0.15, 0.2) is 0 Å². The fourth-order valence-corrected chi connectivity index (χ4v) is 5.06. The maximum Gasteiger partial charge on any atom is 0.123 e. The number of aromatic nitrogens is 3. The van der Waals surface area contributed by atoms with Crippen molar-refractivity contribution in [3.8, 4) is 17.1 Å². The summed E-state index contributed by atoms with van der Waals surface area (Å²) >= 11 is 0. The van der Waals surface area contributed by atoms with E-state index < -0.39 is 0 Å². The van der Waals surface area contributed by atoms with E-state index in [9.17, 15) is 9.50 Å². The molecule has 0 spiro atoms. The third-order valence-corrected chi connectivity index (χ3v) is 7.05. The first kappa shape index (κ1) is 23.3. The summed E-state index contributed by atoms with van der Waals surface area (Å²) in [7, 11) is 0. The predicted octanol–water partition coefficient (Wildman–Crippen LogP) is 5.92. The fraction of sp³-hybridized carbons (Fsp3) is 0.233. The Bertz CT molecular complexity index is 1600. The van der Waals surface area contributed by atoms with E-state index in [2.05, 4.69) is 20.9 Å². The van der Waals surface area contributed by atoms with Crippen molar-refractivity contribution >= 4 is 22.4 Å². The molecule has 1 saturated carbocycles. The molecule has 3 aliphatic rings. The lowest BCUT2D eigenvalue weighted by Gasteiger charge is -2.23. The molecule has 0 atom stereocenters. The highest BCUT2D eigenvalue weighted by atomic mass is 19.1. The van der Waals surface area contributed by atoms with Crippen LogP contribution in [-0.2, 0) is 0 Å². The van der Waals surface area contributed by atoms with Crippen molar-refractivity contribution in [2.75, 3.05) is 5.32 Å². The van der Waals surface area contributed by atoms with Crippen molar-refractivity contribution in [3.63, 3.8) is 0 Å². The second-order valence-corrected chi connectivity index (χ2v) is 9.62. The van der Waals surface area contributed by atoms with Gasteiger partial charge in [-0.3, -0.25) is 9.98 Å². The van der Waals surface area contributed by atoms with Crippen molar-refractivity contribution in [3.05, 3.63) is 95.9 Å². The molecule has 186 valence electrons. The number of benzene rings is 3. The van der Waals surface area contributed by atoms with Crippen LogP contribution in [0.25, 0.3) is 28.1 Å². The Kier molecular flexibility index (Phi) is 6.14. The molecule has 6 nitrogen and oxygen atoms in total. The number of aliphatic hydroxyl groups excluding tert-OH is 1. The fourth-order valence-electron chi connectivity index (χ4n) is 5.06. The molecule has 1 fully saturated rings. The molecule has 7 heteroatoms. The lowest BCUT2D eigenvalue weighted by molar-refractivity contribution is 0.123. The molecule has 2 aliphatic carbocycles. The summed E-state index contributed by atoms with van der Waals surface area (Å²) in [6, 6.07) is 22.6. The molecule has 2 heterocycles. The largest absolute Gasteiger partial charge is 0.393 e. The lowest BCUT2D eigenvalue weighted by Crippen LogP contribution is -2.24. The number of rotatable bonds is 4. The summed E-state index contributed by atoms with van der Waals surface area (Å²) in [5.74, 6) is -0.277. The molecular formula is C30H28FN5O. The van der Waals surface area contributed by atoms with Gasteiger partial charge in [0.25, 0.3) is 0 Å². The first-order chi connectivity index (χ1) is 18.0. The maximum absolute atomic E-state index is 13.8. The van der Waals surface area contributed by atoms with Crippen molar-refractivity contribution in [1.29, 1.82) is 0 Å². The summed E-state index contributed by atoms with van der Waals surface area (Å²) in [6.45, 7) is 1.97. The number of hydrogen-bond donors (Lipinski definition) is 2. The molecule has 2 aromatic carbocycles. The van der Waals surface area contributed by atoms with Gasteiger partial charge in [-0.15, -0.1) is 0 Å². The van der Waals surface area contributed by atoms with Crippen molar-refractivity contribution in [2.45, 2.75) is 44.8 Å². The third-order valence-electron chi connectivity index (χ3n) is 7.05. The quantitative estimate of drug-likeness (QED) is 0.305. The van der Waals surface area contributed by atoms with Crippen LogP contribution in [0.5, 0.6) is 0 Å². The van der Waals surface area contributed by atoms with Crippen LogP contribution in [0.1, 0.15) is 31.4 Å². The minimum absolute atomic E-state index is 0.129. The number of aliphatic hydroxyl groups is 1. The predicted molar refractivity (Wildman–Crippen MR) is 144 cm³/mol. The molecule has 0 bridgehead atoms. The van der Waals surface area contributed by atoms with E-state index in [-0.39, 0.29) is 18.0 Å². The number of nitrogens with one attached hydrogen (secondary N) is 1. The Labute approximate surface area is 214 Å². The van der Waals surface area contributed by atoms with Gasteiger partial charge in [0.1, 0.15) is 5.82 Å². The number of nitrogens with zero attached hydrogens (tertiary/aromatic N) is 4. The maximum atomic E-state index is 13.8. The van der Waals surface area contributed by atoms with E-state index in [1.54, 1.807) is 18.3 Å². The first-order valence-electron chi connectivity index (χ1n) is 12.7. The van der Waals surface area contributed by atoms with E-state index >= 15 is 0 Å². The van der Waals surface area contributed by atoms with Crippen LogP contribution in [0.4, 0.5) is 15.8 Å². The van der Waals surface area contributed by atoms with E-state index in [1.807, 2.05) is 49.4 Å². The van der Waals surface area contributed by atoms with Crippen LogP contribution in [0, 0.1) is 12.7 Å². The van der Waals surface area contributed by atoms with Crippen molar-refractivity contribution in [1.82, 2.24) is 14.5 Å². The van der Waals surface area contributed by atoms with Gasteiger partial charge >= 0.3 is 0 Å². The molecule has 3 aromatic rings. The number of anilines is 2. The van der Waals surface area contributed by atoms with Gasteiger partial charge in [0, 0.05) is 11.9 Å². The number of fused-ring (bicyclic) bond motifs is 2. The summed E-state index contributed by atoms with van der Waals surface area (Å²) in [4.78, 5) is 14.6. The number of aryl methyl sites for hydroxylation is 1. The number of halogens is 1. The van der Waals surface area contributed by atoms with Crippen molar-refractivity contribution in [2.24, 2.45) is 4.99 Å². The SMILES string of the molecule is Cc1ncccc1Nc1cc2nc3ccccc3n(-c3ccc(F)cc3)c-2cc1=NC1CCC(O)CC1. The van der Waals surface area contributed by atoms with Crippen LogP contribution in [0.3, 0.4) is 0 Å². The summed E-state index contributed by atoms with van der Waals surface area (Å²) in [5.41, 5.74) is 6.94. The first-order valence-corrected chi connectivity index (χ1v) is 12.7. The van der Waals surface area contributed by atoms with Crippen LogP contribution in [0.2, 0.25) is 0 Å². The molecule has 6 rings (SSSR count). The van der Waals surface area contributed by atoms with Gasteiger partial charge in [-0.1, -0.05) is 12.1 Å². The summed E-state index contributed by atoms with van der Waals surface area (Å²) in [6.07, 6.45) is 4.74. The van der Waals surface area contributed by atoms with E-state index in [4.69, 9.17) is 9.98 Å². The topological polar surface area (TPSA) is 75.3 Å². The van der Waals surface area contributed by atoms with Crippen LogP contribution in [-0.4, -0.2) is 31.8 Å². The zero-order valence-electron chi connectivity index (χ0n) is 20.6. The Morgan fingerprint density at radius 1 is 0.946 bits per heavy atom. The van der Waals surface area contributed by atoms with Gasteiger partial charge < -0.3 is 15.0 Å². The molecular weight excluding hydrogens is 465 g/mol. The number of hydrogen-bond acceptors (Lipinski definition) is 5. The van der Waals surface area contributed by atoms with Crippen LogP contribution < -0.4 is 10.7 Å². The van der Waals surface area contributed by atoms with Crippen molar-refractivity contribution < 1.29 is 9.50 Å². The Morgan fingerprint density at radius 2 is 1.73 bits per heavy atom. The Morgan fingerprint density at radius 3 is 2.51 bits per heavy atom. The minimum Gasteiger partial charge on any atom is -0.393 e. The van der Waals surface area contributed by atoms with Gasteiger partial charge in [-0.05, 0) is 93.3 Å². The van der Waals surface area contributed by atoms with Gasteiger partial charge in [-0.2, -0.15) is 0 Å². The van der Waals surface area contributed by atoms with E-state index in [0.29, 0.717) is 0 Å². The lowest BCUT2D eigenvalue weighted by atomic mass is 9.93. The molecule has 1 aliphatic heterocycles.